The van der Waals surface area contributed by atoms with Crippen molar-refractivity contribution in [2.75, 3.05) is 5.32 Å². The van der Waals surface area contributed by atoms with Crippen LogP contribution in [0.1, 0.15) is 26.3 Å². The number of para-hydroxylation sites is 1. The Morgan fingerprint density at radius 2 is 1.83 bits per heavy atom. The maximum absolute atomic E-state index is 13.1. The topological polar surface area (TPSA) is 74.1 Å². The Balaban J connectivity index is 1.59. The third-order valence-corrected chi connectivity index (χ3v) is 6.20. The van der Waals surface area contributed by atoms with E-state index in [9.17, 15) is 9.59 Å². The molecule has 2 aliphatic rings. The van der Waals surface area contributed by atoms with Crippen molar-refractivity contribution < 1.29 is 9.59 Å². The highest BCUT2D eigenvalue weighted by molar-refractivity contribution is 8.15. The first-order valence-electron chi connectivity index (χ1n) is 9.68. The number of amidine groups is 2. The SMILES string of the molecule is CC(SC1=Nc2ccccc2C2=NC(C(C)C)C(=O)N12)C(=O)Nc1ccc(Cl)cc1. The summed E-state index contributed by atoms with van der Waals surface area (Å²) in [6.45, 7) is 5.74. The number of amides is 2. The molecule has 2 amide bonds. The van der Waals surface area contributed by atoms with Crippen LogP contribution in [0.4, 0.5) is 11.4 Å². The lowest BCUT2D eigenvalue weighted by atomic mass is 10.1. The van der Waals surface area contributed by atoms with E-state index < -0.39 is 11.3 Å². The summed E-state index contributed by atoms with van der Waals surface area (Å²) in [5.41, 5.74) is 2.24. The first-order chi connectivity index (χ1) is 14.3. The largest absolute Gasteiger partial charge is 0.325 e. The number of aliphatic imine (C=N–C) groups is 2. The molecule has 0 aromatic heterocycles. The molecule has 0 saturated heterocycles. The van der Waals surface area contributed by atoms with E-state index in [0.717, 1.165) is 11.3 Å². The molecule has 0 spiro atoms. The third-order valence-electron chi connectivity index (χ3n) is 4.89. The zero-order valence-electron chi connectivity index (χ0n) is 16.8. The molecular formula is C22H21ClN4O2S. The second kappa shape index (κ2) is 8.24. The summed E-state index contributed by atoms with van der Waals surface area (Å²) in [7, 11) is 0. The van der Waals surface area contributed by atoms with Crippen molar-refractivity contribution in [3.05, 3.63) is 59.1 Å². The fourth-order valence-corrected chi connectivity index (χ4v) is 4.31. The summed E-state index contributed by atoms with van der Waals surface area (Å²) in [6.07, 6.45) is 0. The van der Waals surface area contributed by atoms with Crippen molar-refractivity contribution in [1.29, 1.82) is 0 Å². The number of hydrogen-bond donors (Lipinski definition) is 1. The molecule has 2 aromatic carbocycles. The molecule has 2 aromatic rings. The van der Waals surface area contributed by atoms with Crippen molar-refractivity contribution in [2.24, 2.45) is 15.9 Å². The summed E-state index contributed by atoms with van der Waals surface area (Å²) in [6, 6.07) is 14.1. The van der Waals surface area contributed by atoms with Crippen LogP contribution in [0.25, 0.3) is 0 Å². The Morgan fingerprint density at radius 3 is 2.53 bits per heavy atom. The van der Waals surface area contributed by atoms with Crippen LogP contribution in [0.15, 0.2) is 58.5 Å². The normalized spacial score (nSPS) is 18.5. The number of nitrogens with zero attached hydrogens (tertiary/aromatic N) is 3. The van der Waals surface area contributed by atoms with Gasteiger partial charge in [0, 0.05) is 16.3 Å². The summed E-state index contributed by atoms with van der Waals surface area (Å²) < 4.78 is 0. The minimum Gasteiger partial charge on any atom is -0.325 e. The predicted octanol–water partition coefficient (Wildman–Crippen LogP) is 4.71. The minimum absolute atomic E-state index is 0.0691. The fourth-order valence-electron chi connectivity index (χ4n) is 3.27. The molecule has 1 N–H and O–H groups in total. The number of carbonyl (C=O) groups is 2. The number of benzene rings is 2. The Kier molecular flexibility index (Phi) is 5.66. The molecule has 2 aliphatic heterocycles. The van der Waals surface area contributed by atoms with Crippen LogP contribution >= 0.6 is 23.4 Å². The van der Waals surface area contributed by atoms with Crippen LogP contribution in [0.3, 0.4) is 0 Å². The number of halogens is 1. The van der Waals surface area contributed by atoms with Gasteiger partial charge in [-0.1, -0.05) is 49.3 Å². The summed E-state index contributed by atoms with van der Waals surface area (Å²) in [5, 5.41) is 3.47. The summed E-state index contributed by atoms with van der Waals surface area (Å²) >= 11 is 7.14. The number of fused-ring (bicyclic) bond motifs is 3. The van der Waals surface area contributed by atoms with E-state index in [1.807, 2.05) is 38.1 Å². The maximum Gasteiger partial charge on any atom is 0.259 e. The number of hydrogen-bond acceptors (Lipinski definition) is 5. The van der Waals surface area contributed by atoms with E-state index in [2.05, 4.69) is 10.3 Å². The number of carbonyl (C=O) groups excluding carboxylic acids is 2. The van der Waals surface area contributed by atoms with E-state index in [4.69, 9.17) is 16.6 Å². The van der Waals surface area contributed by atoms with Crippen molar-refractivity contribution in [3.8, 4) is 0 Å². The zero-order chi connectivity index (χ0) is 21.4. The van der Waals surface area contributed by atoms with Gasteiger partial charge in [0.15, 0.2) is 5.17 Å². The molecule has 8 heteroatoms. The second-order valence-electron chi connectivity index (χ2n) is 7.48. The van der Waals surface area contributed by atoms with Gasteiger partial charge in [-0.25, -0.2) is 9.89 Å². The molecule has 0 fully saturated rings. The fraction of sp³-hybridized carbons (Fsp3) is 0.273. The van der Waals surface area contributed by atoms with E-state index in [-0.39, 0.29) is 17.7 Å². The van der Waals surface area contributed by atoms with Crippen LogP contribution in [-0.4, -0.2) is 39.0 Å². The summed E-state index contributed by atoms with van der Waals surface area (Å²) in [5.74, 6) is 0.386. The van der Waals surface area contributed by atoms with E-state index in [0.29, 0.717) is 21.7 Å². The number of thioether (sulfide) groups is 1. The lowest BCUT2D eigenvalue weighted by Gasteiger charge is -2.27. The van der Waals surface area contributed by atoms with Gasteiger partial charge in [0.2, 0.25) is 5.91 Å². The van der Waals surface area contributed by atoms with Gasteiger partial charge >= 0.3 is 0 Å². The Labute approximate surface area is 184 Å². The Hall–Kier alpha value is -2.64. The molecule has 0 saturated carbocycles. The van der Waals surface area contributed by atoms with Crippen molar-refractivity contribution in [1.82, 2.24) is 4.90 Å². The van der Waals surface area contributed by atoms with E-state index >= 15 is 0 Å². The first-order valence-corrected chi connectivity index (χ1v) is 10.9. The number of anilines is 1. The molecule has 2 atom stereocenters. The lowest BCUT2D eigenvalue weighted by molar-refractivity contribution is -0.125. The number of rotatable bonds is 4. The van der Waals surface area contributed by atoms with E-state index in [1.165, 1.54) is 11.8 Å². The molecule has 0 bridgehead atoms. The van der Waals surface area contributed by atoms with Crippen LogP contribution in [0, 0.1) is 5.92 Å². The monoisotopic (exact) mass is 440 g/mol. The second-order valence-corrected chi connectivity index (χ2v) is 9.23. The maximum atomic E-state index is 13.1. The predicted molar refractivity (Wildman–Crippen MR) is 123 cm³/mol. The molecule has 0 aliphatic carbocycles. The first kappa shape index (κ1) is 20.6. The van der Waals surface area contributed by atoms with Crippen LogP contribution in [0.5, 0.6) is 0 Å². The van der Waals surface area contributed by atoms with Crippen molar-refractivity contribution in [3.63, 3.8) is 0 Å². The Bertz CT molecular complexity index is 1070. The van der Waals surface area contributed by atoms with Gasteiger partial charge in [-0.3, -0.25) is 14.6 Å². The van der Waals surface area contributed by atoms with Gasteiger partial charge < -0.3 is 5.32 Å². The molecule has 0 radical (unpaired) electrons. The average Bonchev–Trinajstić information content (AvgIpc) is 3.08. The molecule has 4 rings (SSSR count). The van der Waals surface area contributed by atoms with Crippen molar-refractivity contribution in [2.45, 2.75) is 32.1 Å². The highest BCUT2D eigenvalue weighted by Gasteiger charge is 2.43. The van der Waals surface area contributed by atoms with Crippen molar-refractivity contribution >= 4 is 57.6 Å². The Morgan fingerprint density at radius 1 is 1.13 bits per heavy atom. The van der Waals surface area contributed by atoms with Gasteiger partial charge in [-0.2, -0.15) is 0 Å². The highest BCUT2D eigenvalue weighted by atomic mass is 35.5. The highest BCUT2D eigenvalue weighted by Crippen LogP contribution is 2.35. The third kappa shape index (κ3) is 3.87. The molecule has 154 valence electrons. The van der Waals surface area contributed by atoms with Gasteiger partial charge in [0.05, 0.1) is 10.9 Å². The smallest absolute Gasteiger partial charge is 0.259 e. The molecule has 30 heavy (non-hydrogen) atoms. The molecule has 6 nitrogen and oxygen atoms in total. The quantitative estimate of drug-likeness (QED) is 0.747. The van der Waals surface area contributed by atoms with Gasteiger partial charge in [-0.15, -0.1) is 0 Å². The molecule has 2 unspecified atom stereocenters. The zero-order valence-corrected chi connectivity index (χ0v) is 18.4. The van der Waals surface area contributed by atoms with Gasteiger partial charge in [0.25, 0.3) is 5.91 Å². The molecular weight excluding hydrogens is 420 g/mol. The standard InChI is InChI=1S/C22H21ClN4O2S/c1-12(2)18-21(29)27-19(26-18)16-6-4-5-7-17(16)25-22(27)30-13(3)20(28)24-15-10-8-14(23)9-11-15/h4-13,18H,1-3H3,(H,24,28). The van der Waals surface area contributed by atoms with Crippen LogP contribution in [0.2, 0.25) is 5.02 Å². The minimum atomic E-state index is -0.475. The number of nitrogens with one attached hydrogen (secondary N) is 1. The average molecular weight is 441 g/mol. The van der Waals surface area contributed by atoms with Gasteiger partial charge in [-0.05, 0) is 49.2 Å². The van der Waals surface area contributed by atoms with Crippen LogP contribution in [-0.2, 0) is 9.59 Å². The lowest BCUT2D eigenvalue weighted by Crippen LogP contribution is -2.43. The van der Waals surface area contributed by atoms with Gasteiger partial charge in [0.1, 0.15) is 11.9 Å². The summed E-state index contributed by atoms with van der Waals surface area (Å²) in [4.78, 5) is 36.7. The van der Waals surface area contributed by atoms with E-state index in [1.54, 1.807) is 36.1 Å². The van der Waals surface area contributed by atoms with Crippen LogP contribution < -0.4 is 5.32 Å². The molecule has 2 heterocycles.